The summed E-state index contributed by atoms with van der Waals surface area (Å²) in [5.74, 6) is -1.25. The molecule has 2 rings (SSSR count). The van der Waals surface area contributed by atoms with E-state index in [4.69, 9.17) is 0 Å². The molecule has 0 saturated carbocycles. The zero-order chi connectivity index (χ0) is 15.2. The van der Waals surface area contributed by atoms with E-state index in [0.29, 0.717) is 18.7 Å². The number of nitrogens with one attached hydrogen (secondary N) is 2. The van der Waals surface area contributed by atoms with Crippen LogP contribution in [0.25, 0.3) is 10.8 Å². The molecule has 5 nitrogen and oxygen atoms in total. The van der Waals surface area contributed by atoms with Crippen molar-refractivity contribution in [2.75, 3.05) is 18.4 Å². The van der Waals surface area contributed by atoms with Gasteiger partial charge in [0.1, 0.15) is 0 Å². The van der Waals surface area contributed by atoms with Gasteiger partial charge in [-0.15, -0.1) is 0 Å². The lowest BCUT2D eigenvalue weighted by molar-refractivity contribution is -0.116. The lowest BCUT2D eigenvalue weighted by Crippen LogP contribution is -2.22. The Morgan fingerprint density at radius 3 is 2.43 bits per heavy atom. The third-order valence-electron chi connectivity index (χ3n) is 3.17. The van der Waals surface area contributed by atoms with Crippen molar-refractivity contribution in [2.45, 2.75) is 13.3 Å². The number of amides is 1. The fourth-order valence-electron chi connectivity index (χ4n) is 2.11. The fraction of sp³-hybridized carbons (Fsp3) is 0.250. The quantitative estimate of drug-likeness (QED) is 0.713. The highest BCUT2D eigenvalue weighted by atomic mass is 16.4. The third kappa shape index (κ3) is 3.79. The summed E-state index contributed by atoms with van der Waals surface area (Å²) in [5, 5.41) is 16.8. The molecule has 2 aromatic rings. The maximum absolute atomic E-state index is 11.9. The van der Waals surface area contributed by atoms with Gasteiger partial charge in [0, 0.05) is 13.0 Å². The van der Waals surface area contributed by atoms with Gasteiger partial charge in [-0.25, -0.2) is 4.79 Å². The molecule has 0 aliphatic rings. The van der Waals surface area contributed by atoms with E-state index in [1.807, 2.05) is 31.2 Å². The average molecular weight is 286 g/mol. The number of hydrogen-bond acceptors (Lipinski definition) is 3. The molecule has 0 radical (unpaired) electrons. The number of benzene rings is 2. The minimum Gasteiger partial charge on any atom is -0.478 e. The number of fused-ring (bicyclic) bond motifs is 1. The number of carboxylic acids is 1. The molecule has 0 aliphatic carbocycles. The highest BCUT2D eigenvalue weighted by Gasteiger charge is 2.13. The van der Waals surface area contributed by atoms with E-state index in [2.05, 4.69) is 10.6 Å². The van der Waals surface area contributed by atoms with Crippen molar-refractivity contribution < 1.29 is 14.7 Å². The minimum absolute atomic E-state index is 0.102. The molecule has 0 aromatic heterocycles. The van der Waals surface area contributed by atoms with Crippen molar-refractivity contribution in [1.29, 1.82) is 0 Å². The van der Waals surface area contributed by atoms with E-state index in [9.17, 15) is 14.7 Å². The van der Waals surface area contributed by atoms with Gasteiger partial charge in [-0.3, -0.25) is 4.79 Å². The summed E-state index contributed by atoms with van der Waals surface area (Å²) in [7, 11) is 0. The Morgan fingerprint density at radius 1 is 1.14 bits per heavy atom. The second-order valence-corrected chi connectivity index (χ2v) is 4.70. The monoisotopic (exact) mass is 286 g/mol. The molecule has 0 bridgehead atoms. The second kappa shape index (κ2) is 6.85. The molecule has 0 unspecified atom stereocenters. The lowest BCUT2D eigenvalue weighted by Gasteiger charge is -2.10. The Morgan fingerprint density at radius 2 is 1.81 bits per heavy atom. The SMILES string of the molecule is CCNCCC(=O)Nc1cc2ccccc2cc1C(=O)O. The van der Waals surface area contributed by atoms with E-state index >= 15 is 0 Å². The number of carbonyl (C=O) groups is 2. The first kappa shape index (κ1) is 15.0. The predicted octanol–water partition coefficient (Wildman–Crippen LogP) is 2.48. The van der Waals surface area contributed by atoms with Crippen LogP contribution >= 0.6 is 0 Å². The Labute approximate surface area is 123 Å². The van der Waals surface area contributed by atoms with Gasteiger partial charge in [0.25, 0.3) is 0 Å². The predicted molar refractivity (Wildman–Crippen MR) is 82.7 cm³/mol. The summed E-state index contributed by atoms with van der Waals surface area (Å²) in [6.07, 6.45) is 0.305. The van der Waals surface area contributed by atoms with E-state index in [1.165, 1.54) is 0 Å². The largest absolute Gasteiger partial charge is 0.478 e. The van der Waals surface area contributed by atoms with Gasteiger partial charge < -0.3 is 15.7 Å². The van der Waals surface area contributed by atoms with Crippen molar-refractivity contribution in [3.63, 3.8) is 0 Å². The van der Waals surface area contributed by atoms with Gasteiger partial charge in [-0.1, -0.05) is 31.2 Å². The van der Waals surface area contributed by atoms with Crippen molar-refractivity contribution in [3.8, 4) is 0 Å². The van der Waals surface area contributed by atoms with Crippen molar-refractivity contribution >= 4 is 28.3 Å². The summed E-state index contributed by atoms with van der Waals surface area (Å²) in [4.78, 5) is 23.2. The summed E-state index contributed by atoms with van der Waals surface area (Å²) in [6, 6.07) is 10.7. The van der Waals surface area contributed by atoms with E-state index in [1.54, 1.807) is 12.1 Å². The Hall–Kier alpha value is -2.40. The molecule has 3 N–H and O–H groups in total. The number of carbonyl (C=O) groups excluding carboxylic acids is 1. The number of hydrogen-bond donors (Lipinski definition) is 3. The summed E-state index contributed by atoms with van der Waals surface area (Å²) in [6.45, 7) is 3.33. The zero-order valence-corrected chi connectivity index (χ0v) is 11.8. The van der Waals surface area contributed by atoms with Crippen LogP contribution in [-0.2, 0) is 4.79 Å². The van der Waals surface area contributed by atoms with E-state index < -0.39 is 5.97 Å². The third-order valence-corrected chi connectivity index (χ3v) is 3.17. The smallest absolute Gasteiger partial charge is 0.337 e. The first-order chi connectivity index (χ1) is 10.1. The summed E-state index contributed by atoms with van der Waals surface area (Å²) >= 11 is 0. The van der Waals surface area contributed by atoms with Gasteiger partial charge in [0.2, 0.25) is 5.91 Å². The first-order valence-corrected chi connectivity index (χ1v) is 6.88. The molecule has 0 fully saturated rings. The first-order valence-electron chi connectivity index (χ1n) is 6.88. The normalized spacial score (nSPS) is 10.5. The molecule has 0 saturated heterocycles. The van der Waals surface area contributed by atoms with Crippen LogP contribution in [0.15, 0.2) is 36.4 Å². The standard InChI is InChI=1S/C16H18N2O3/c1-2-17-8-7-15(19)18-14-10-12-6-4-3-5-11(12)9-13(14)16(20)21/h3-6,9-10,17H,2,7-8H2,1H3,(H,18,19)(H,20,21). The Bertz CT molecular complexity index is 668. The van der Waals surface area contributed by atoms with Crippen LogP contribution in [0, 0.1) is 0 Å². The van der Waals surface area contributed by atoms with Crippen LogP contribution < -0.4 is 10.6 Å². The van der Waals surface area contributed by atoms with Crippen molar-refractivity contribution in [2.24, 2.45) is 0 Å². The van der Waals surface area contributed by atoms with Crippen LogP contribution in [0.2, 0.25) is 0 Å². The number of rotatable bonds is 6. The van der Waals surface area contributed by atoms with E-state index in [-0.39, 0.29) is 11.5 Å². The second-order valence-electron chi connectivity index (χ2n) is 4.70. The van der Waals surface area contributed by atoms with E-state index in [0.717, 1.165) is 17.3 Å². The molecule has 0 aliphatic heterocycles. The highest BCUT2D eigenvalue weighted by Crippen LogP contribution is 2.24. The van der Waals surface area contributed by atoms with Crippen LogP contribution in [0.4, 0.5) is 5.69 Å². The maximum atomic E-state index is 11.9. The maximum Gasteiger partial charge on any atom is 0.337 e. The molecule has 1 amide bonds. The Kier molecular flexibility index (Phi) is 4.90. The molecule has 0 atom stereocenters. The number of carboxylic acid groups (broad SMARTS) is 1. The van der Waals surface area contributed by atoms with Gasteiger partial charge >= 0.3 is 5.97 Å². The number of aromatic carboxylic acids is 1. The van der Waals surface area contributed by atoms with Crippen LogP contribution in [0.3, 0.4) is 0 Å². The van der Waals surface area contributed by atoms with Crippen molar-refractivity contribution in [1.82, 2.24) is 5.32 Å². The van der Waals surface area contributed by atoms with Crippen molar-refractivity contribution in [3.05, 3.63) is 42.0 Å². The molecule has 0 spiro atoms. The average Bonchev–Trinajstić information content (AvgIpc) is 2.46. The minimum atomic E-state index is -1.05. The topological polar surface area (TPSA) is 78.4 Å². The van der Waals surface area contributed by atoms with Crippen LogP contribution in [-0.4, -0.2) is 30.1 Å². The molecular weight excluding hydrogens is 268 g/mol. The number of anilines is 1. The molecule has 5 heteroatoms. The summed E-state index contributed by atoms with van der Waals surface area (Å²) in [5.41, 5.74) is 0.438. The fourth-order valence-corrected chi connectivity index (χ4v) is 2.11. The molecule has 21 heavy (non-hydrogen) atoms. The molecule has 2 aromatic carbocycles. The van der Waals surface area contributed by atoms with Crippen LogP contribution in [0.1, 0.15) is 23.7 Å². The molecule has 110 valence electrons. The van der Waals surface area contributed by atoms with Gasteiger partial charge in [0.05, 0.1) is 11.3 Å². The highest BCUT2D eigenvalue weighted by molar-refractivity contribution is 6.05. The lowest BCUT2D eigenvalue weighted by atomic mass is 10.0. The van der Waals surface area contributed by atoms with Gasteiger partial charge in [-0.2, -0.15) is 0 Å². The Balaban J connectivity index is 2.26. The van der Waals surface area contributed by atoms with Crippen LogP contribution in [0.5, 0.6) is 0 Å². The summed E-state index contributed by atoms with van der Waals surface area (Å²) < 4.78 is 0. The van der Waals surface area contributed by atoms with Gasteiger partial charge in [0.15, 0.2) is 0 Å². The molecule has 0 heterocycles. The van der Waals surface area contributed by atoms with Gasteiger partial charge in [-0.05, 0) is 29.4 Å². The molecular formula is C16H18N2O3. The zero-order valence-electron chi connectivity index (χ0n) is 11.8.